The van der Waals surface area contributed by atoms with Gasteiger partial charge in [0.1, 0.15) is 40.7 Å². The maximum atomic E-state index is 13.4. The van der Waals surface area contributed by atoms with Crippen molar-refractivity contribution in [3.8, 4) is 0 Å². The summed E-state index contributed by atoms with van der Waals surface area (Å²) in [7, 11) is 0. The molecule has 120 valence electrons. The van der Waals surface area contributed by atoms with Crippen LogP contribution in [-0.2, 0) is 0 Å². The van der Waals surface area contributed by atoms with Crippen LogP contribution in [0.15, 0.2) is 30.3 Å². The summed E-state index contributed by atoms with van der Waals surface area (Å²) in [5.74, 6) is -11.5. The van der Waals surface area contributed by atoms with Crippen LogP contribution in [0.2, 0.25) is 0 Å². The van der Waals surface area contributed by atoms with Crippen LogP contribution in [0.3, 0.4) is 0 Å². The van der Waals surface area contributed by atoms with Gasteiger partial charge in [-0.2, -0.15) is 0 Å². The zero-order chi connectivity index (χ0) is 17.3. The molecule has 2 nitrogen and oxygen atoms in total. The van der Waals surface area contributed by atoms with E-state index in [1.54, 1.807) is 0 Å². The lowest BCUT2D eigenvalue weighted by Crippen LogP contribution is -2.06. The van der Waals surface area contributed by atoms with E-state index in [-0.39, 0.29) is 30.3 Å². The molecular formula is C15H6F6O2. The lowest BCUT2D eigenvalue weighted by atomic mass is 10.1. The van der Waals surface area contributed by atoms with Crippen LogP contribution in [0.25, 0.3) is 5.76 Å². The third-order valence-electron chi connectivity index (χ3n) is 2.78. The average Bonchev–Trinajstić information content (AvgIpc) is 2.35. The third kappa shape index (κ3) is 3.36. The van der Waals surface area contributed by atoms with E-state index >= 15 is 0 Å². The van der Waals surface area contributed by atoms with Gasteiger partial charge in [0.05, 0.1) is 11.1 Å². The van der Waals surface area contributed by atoms with E-state index in [0.717, 1.165) is 0 Å². The van der Waals surface area contributed by atoms with Crippen molar-refractivity contribution in [1.29, 1.82) is 0 Å². The quantitative estimate of drug-likeness (QED) is 0.394. The minimum atomic E-state index is -1.56. The Balaban J connectivity index is 2.49. The highest BCUT2D eigenvalue weighted by Gasteiger charge is 2.21. The van der Waals surface area contributed by atoms with Gasteiger partial charge in [-0.05, 0) is 0 Å². The van der Waals surface area contributed by atoms with E-state index in [4.69, 9.17) is 0 Å². The van der Waals surface area contributed by atoms with Crippen molar-refractivity contribution in [3.05, 3.63) is 76.4 Å². The predicted octanol–water partition coefficient (Wildman–Crippen LogP) is 4.30. The molecule has 0 bridgehead atoms. The number of allylic oxidation sites excluding steroid dienone is 1. The van der Waals surface area contributed by atoms with Crippen LogP contribution in [0, 0.1) is 34.9 Å². The molecule has 0 aliphatic rings. The van der Waals surface area contributed by atoms with Gasteiger partial charge in [-0.3, -0.25) is 4.79 Å². The van der Waals surface area contributed by atoms with Crippen molar-refractivity contribution >= 4 is 11.5 Å². The van der Waals surface area contributed by atoms with Gasteiger partial charge in [0.2, 0.25) is 0 Å². The Bertz CT molecular complexity index is 783. The molecule has 0 atom stereocenters. The molecule has 1 N–H and O–H groups in total. The van der Waals surface area contributed by atoms with Crippen LogP contribution in [0.5, 0.6) is 0 Å². The summed E-state index contributed by atoms with van der Waals surface area (Å²) in [4.78, 5) is 11.7. The van der Waals surface area contributed by atoms with Crippen LogP contribution >= 0.6 is 0 Å². The zero-order valence-corrected chi connectivity index (χ0v) is 11.0. The number of halogens is 6. The first-order valence-corrected chi connectivity index (χ1v) is 5.95. The number of hydrogen-bond acceptors (Lipinski definition) is 2. The first kappa shape index (κ1) is 16.6. The van der Waals surface area contributed by atoms with Crippen molar-refractivity contribution in [3.63, 3.8) is 0 Å². The molecule has 2 rings (SSSR count). The largest absolute Gasteiger partial charge is 0.507 e. The topological polar surface area (TPSA) is 37.3 Å². The summed E-state index contributed by atoms with van der Waals surface area (Å²) in [6.45, 7) is 0. The van der Waals surface area contributed by atoms with Crippen LogP contribution in [-0.4, -0.2) is 10.9 Å². The molecule has 0 spiro atoms. The number of carbonyl (C=O) groups excluding carboxylic acids is 1. The van der Waals surface area contributed by atoms with Gasteiger partial charge in [0.25, 0.3) is 0 Å². The average molecular weight is 332 g/mol. The van der Waals surface area contributed by atoms with Gasteiger partial charge in [-0.1, -0.05) is 0 Å². The van der Waals surface area contributed by atoms with Crippen molar-refractivity contribution < 1.29 is 36.2 Å². The molecule has 0 fully saturated rings. The van der Waals surface area contributed by atoms with Gasteiger partial charge in [-0.25, -0.2) is 26.3 Å². The highest BCUT2D eigenvalue weighted by atomic mass is 19.2. The van der Waals surface area contributed by atoms with Crippen molar-refractivity contribution in [2.24, 2.45) is 0 Å². The van der Waals surface area contributed by atoms with E-state index < -0.39 is 57.6 Å². The Morgan fingerprint density at radius 1 is 0.739 bits per heavy atom. The summed E-state index contributed by atoms with van der Waals surface area (Å²) < 4.78 is 79.2. The lowest BCUT2D eigenvalue weighted by molar-refractivity contribution is 0.103. The number of aliphatic hydroxyl groups is 1. The molecule has 0 radical (unpaired) electrons. The zero-order valence-electron chi connectivity index (χ0n) is 11.0. The van der Waals surface area contributed by atoms with E-state index in [1.807, 2.05) is 0 Å². The Hall–Kier alpha value is -2.77. The molecule has 2 aromatic carbocycles. The van der Waals surface area contributed by atoms with Crippen molar-refractivity contribution in [1.82, 2.24) is 0 Å². The van der Waals surface area contributed by atoms with Crippen molar-refractivity contribution in [2.45, 2.75) is 0 Å². The van der Waals surface area contributed by atoms with Gasteiger partial charge < -0.3 is 5.11 Å². The fourth-order valence-corrected chi connectivity index (χ4v) is 1.83. The molecule has 0 saturated heterocycles. The second kappa shape index (κ2) is 6.15. The highest BCUT2D eigenvalue weighted by molar-refractivity contribution is 6.08. The molecule has 0 aliphatic carbocycles. The fraction of sp³-hybridized carbons (Fsp3) is 0. The van der Waals surface area contributed by atoms with Crippen LogP contribution in [0.4, 0.5) is 26.3 Å². The number of benzene rings is 2. The Morgan fingerprint density at radius 2 is 1.09 bits per heavy atom. The maximum absolute atomic E-state index is 13.4. The molecule has 0 heterocycles. The van der Waals surface area contributed by atoms with E-state index in [0.29, 0.717) is 0 Å². The van der Waals surface area contributed by atoms with Crippen molar-refractivity contribution in [2.75, 3.05) is 0 Å². The number of ketones is 1. The molecule has 2 aromatic rings. The lowest BCUT2D eigenvalue weighted by Gasteiger charge is -2.05. The Labute approximate surface area is 125 Å². The molecule has 23 heavy (non-hydrogen) atoms. The summed E-state index contributed by atoms with van der Waals surface area (Å²) >= 11 is 0. The molecule has 0 unspecified atom stereocenters. The molecule has 8 heteroatoms. The second-order valence-corrected chi connectivity index (χ2v) is 4.38. The molecular weight excluding hydrogens is 326 g/mol. The van der Waals surface area contributed by atoms with Gasteiger partial charge in [-0.15, -0.1) is 0 Å². The summed E-state index contributed by atoms with van der Waals surface area (Å²) in [6.07, 6.45) is 0.138. The normalized spacial score (nSPS) is 11.7. The molecule has 0 amide bonds. The molecule has 0 saturated carbocycles. The Morgan fingerprint density at radius 3 is 1.48 bits per heavy atom. The van der Waals surface area contributed by atoms with Crippen LogP contribution in [0.1, 0.15) is 15.9 Å². The maximum Gasteiger partial charge on any atom is 0.195 e. The second-order valence-electron chi connectivity index (χ2n) is 4.38. The summed E-state index contributed by atoms with van der Waals surface area (Å²) in [5.41, 5.74) is -2.37. The Kier molecular flexibility index (Phi) is 4.44. The molecule has 0 aromatic heterocycles. The molecule has 0 aliphatic heterocycles. The summed E-state index contributed by atoms with van der Waals surface area (Å²) in [5, 5.41) is 9.56. The number of rotatable bonds is 3. The van der Waals surface area contributed by atoms with E-state index in [1.165, 1.54) is 0 Å². The third-order valence-corrected chi connectivity index (χ3v) is 2.78. The highest BCUT2D eigenvalue weighted by Crippen LogP contribution is 2.23. The van der Waals surface area contributed by atoms with Crippen LogP contribution < -0.4 is 0 Å². The van der Waals surface area contributed by atoms with Gasteiger partial charge in [0.15, 0.2) is 5.78 Å². The summed E-state index contributed by atoms with van der Waals surface area (Å²) in [6, 6.07) is 0.929. The number of hydrogen-bond donors (Lipinski definition) is 1. The van der Waals surface area contributed by atoms with E-state index in [2.05, 4.69) is 0 Å². The number of carbonyl (C=O) groups is 1. The number of aliphatic hydroxyl groups excluding tert-OH is 1. The smallest absolute Gasteiger partial charge is 0.195 e. The minimum Gasteiger partial charge on any atom is -0.507 e. The SMILES string of the molecule is O=C(/C=C(\O)c1c(F)cc(F)cc1F)c1c(F)cc(F)cc1F. The predicted molar refractivity (Wildman–Crippen MR) is 67.6 cm³/mol. The van der Waals surface area contributed by atoms with Gasteiger partial charge in [0, 0.05) is 30.3 Å². The first-order valence-electron chi connectivity index (χ1n) is 5.95. The monoisotopic (exact) mass is 332 g/mol. The van der Waals surface area contributed by atoms with E-state index in [9.17, 15) is 36.2 Å². The fourth-order valence-electron chi connectivity index (χ4n) is 1.83. The minimum absolute atomic E-state index is 0.138. The van der Waals surface area contributed by atoms with Gasteiger partial charge >= 0.3 is 0 Å². The standard InChI is InChI=1S/C15H6F6O2/c16-6-1-8(18)14(9(19)2-6)12(22)5-13(23)15-10(20)3-7(17)4-11(15)21/h1-5,22H/b12-5-. The first-order chi connectivity index (χ1) is 10.7.